The highest BCUT2D eigenvalue weighted by Gasteiger charge is 2.43. The van der Waals surface area contributed by atoms with Gasteiger partial charge in [0.15, 0.2) is 22.9 Å². The molecule has 1 aliphatic heterocycles. The summed E-state index contributed by atoms with van der Waals surface area (Å²) >= 11 is 0. The van der Waals surface area contributed by atoms with Crippen molar-refractivity contribution in [2.45, 2.75) is 19.4 Å². The van der Waals surface area contributed by atoms with Gasteiger partial charge in [0.1, 0.15) is 5.57 Å². The zero-order valence-corrected chi connectivity index (χ0v) is 11.5. The van der Waals surface area contributed by atoms with Crippen molar-refractivity contribution in [3.8, 4) is 5.75 Å². The molecule has 108 valence electrons. The third kappa shape index (κ3) is 2.01. The quantitative estimate of drug-likeness (QED) is 0.800. The second-order valence-electron chi connectivity index (χ2n) is 4.75. The molecule has 0 atom stereocenters. The van der Waals surface area contributed by atoms with E-state index in [0.29, 0.717) is 0 Å². The first-order valence-corrected chi connectivity index (χ1v) is 5.88. The molecule has 0 aliphatic carbocycles. The van der Waals surface area contributed by atoms with E-state index in [0.717, 1.165) is 6.07 Å². The van der Waals surface area contributed by atoms with Crippen LogP contribution < -0.4 is 4.74 Å². The normalized spacial score (nSPS) is 17.2. The summed E-state index contributed by atoms with van der Waals surface area (Å²) in [4.78, 5) is 12.0. The lowest BCUT2D eigenvalue weighted by molar-refractivity contribution is -0.144. The number of benzene rings is 1. The Bertz CT molecular complexity index is 605. The van der Waals surface area contributed by atoms with Crippen LogP contribution in [0.2, 0.25) is 0 Å². The van der Waals surface area contributed by atoms with Gasteiger partial charge >= 0.3 is 5.97 Å². The summed E-state index contributed by atoms with van der Waals surface area (Å²) in [5, 5.41) is 0. The first kappa shape index (κ1) is 14.3. The predicted molar refractivity (Wildman–Crippen MR) is 67.0 cm³/mol. The van der Waals surface area contributed by atoms with Crippen molar-refractivity contribution in [2.24, 2.45) is 0 Å². The maximum atomic E-state index is 13.8. The van der Waals surface area contributed by atoms with Crippen LogP contribution in [0.1, 0.15) is 19.4 Å². The first-order chi connectivity index (χ1) is 9.33. The summed E-state index contributed by atoms with van der Waals surface area (Å²) in [6.45, 7) is 3.28. The number of ether oxygens (including phenoxy) is 3. The first-order valence-electron chi connectivity index (χ1n) is 5.88. The number of carbonyl (C=O) groups excluding carboxylic acids is 1. The van der Waals surface area contributed by atoms with Crippen molar-refractivity contribution in [1.82, 2.24) is 0 Å². The van der Waals surface area contributed by atoms with Gasteiger partial charge in [-0.2, -0.15) is 4.39 Å². The van der Waals surface area contributed by atoms with Crippen molar-refractivity contribution in [3.63, 3.8) is 0 Å². The van der Waals surface area contributed by atoms with E-state index in [-0.39, 0.29) is 22.6 Å². The Hall–Kier alpha value is -2.11. The van der Waals surface area contributed by atoms with Gasteiger partial charge in [-0.15, -0.1) is 0 Å². The summed E-state index contributed by atoms with van der Waals surface area (Å²) in [7, 11) is 2.57. The molecule has 0 aromatic heterocycles. The zero-order valence-electron chi connectivity index (χ0n) is 11.5. The molecule has 1 aromatic carbocycles. The molecule has 6 heteroatoms. The van der Waals surface area contributed by atoms with E-state index in [4.69, 9.17) is 14.2 Å². The van der Waals surface area contributed by atoms with Gasteiger partial charge in [-0.25, -0.2) is 9.18 Å². The third-order valence-corrected chi connectivity index (χ3v) is 3.05. The molecule has 1 heterocycles. The number of methoxy groups -OCH3 is 2. The highest BCUT2D eigenvalue weighted by molar-refractivity contribution is 6.20. The van der Waals surface area contributed by atoms with Gasteiger partial charge in [-0.1, -0.05) is 0 Å². The lowest BCUT2D eigenvalue weighted by Gasteiger charge is -2.19. The van der Waals surface area contributed by atoms with Crippen LogP contribution in [0, 0.1) is 11.6 Å². The minimum atomic E-state index is -1.16. The van der Waals surface area contributed by atoms with E-state index >= 15 is 0 Å². The van der Waals surface area contributed by atoms with Crippen LogP contribution >= 0.6 is 0 Å². The number of hydrogen-bond acceptors (Lipinski definition) is 4. The van der Waals surface area contributed by atoms with E-state index in [1.54, 1.807) is 13.8 Å². The zero-order chi connectivity index (χ0) is 15.1. The molecular formula is C14H14F2O4. The van der Waals surface area contributed by atoms with Crippen molar-refractivity contribution in [1.29, 1.82) is 0 Å². The fraction of sp³-hybridized carbons (Fsp3) is 0.357. The highest BCUT2D eigenvalue weighted by atomic mass is 19.2. The Kier molecular flexibility index (Phi) is 3.41. The minimum absolute atomic E-state index is 0.0354. The van der Waals surface area contributed by atoms with Gasteiger partial charge < -0.3 is 14.2 Å². The van der Waals surface area contributed by atoms with Crippen LogP contribution in [0.15, 0.2) is 17.9 Å². The Morgan fingerprint density at radius 3 is 2.35 bits per heavy atom. The van der Waals surface area contributed by atoms with Crippen LogP contribution in [0.3, 0.4) is 0 Å². The van der Waals surface area contributed by atoms with Gasteiger partial charge in [0.05, 0.1) is 14.2 Å². The molecule has 0 saturated carbocycles. The molecule has 0 bridgehead atoms. The highest BCUT2D eigenvalue weighted by Crippen LogP contribution is 2.41. The summed E-state index contributed by atoms with van der Waals surface area (Å²) in [6, 6.07) is 2.18. The molecule has 0 saturated heterocycles. The average Bonchev–Trinajstić information content (AvgIpc) is 2.61. The summed E-state index contributed by atoms with van der Waals surface area (Å²) in [5.74, 6) is -3.01. The lowest BCUT2D eigenvalue weighted by Crippen LogP contribution is -2.23. The fourth-order valence-electron chi connectivity index (χ4n) is 2.23. The molecule has 0 spiro atoms. The van der Waals surface area contributed by atoms with Crippen LogP contribution in [-0.4, -0.2) is 25.8 Å². The maximum absolute atomic E-state index is 13.8. The monoisotopic (exact) mass is 284 g/mol. The van der Waals surface area contributed by atoms with Gasteiger partial charge in [0.2, 0.25) is 5.82 Å². The van der Waals surface area contributed by atoms with Crippen molar-refractivity contribution < 1.29 is 27.8 Å². The SMILES string of the molecule is COC1=C(c2ccc(F)c(F)c2OC)C(=O)OC1(C)C. The average molecular weight is 284 g/mol. The van der Waals surface area contributed by atoms with E-state index in [2.05, 4.69) is 0 Å². The molecule has 2 rings (SSSR count). The second-order valence-corrected chi connectivity index (χ2v) is 4.75. The molecule has 1 aliphatic rings. The van der Waals surface area contributed by atoms with E-state index in [1.807, 2.05) is 0 Å². The maximum Gasteiger partial charge on any atom is 0.343 e. The standard InChI is InChI=1S/C14H14F2O4/c1-14(2)12(19-4)9(13(17)20-14)7-5-6-8(15)10(16)11(7)18-3/h5-6H,1-4H3. The van der Waals surface area contributed by atoms with Crippen molar-refractivity contribution in [2.75, 3.05) is 14.2 Å². The third-order valence-electron chi connectivity index (χ3n) is 3.05. The number of esters is 1. The fourth-order valence-corrected chi connectivity index (χ4v) is 2.23. The molecule has 0 fully saturated rings. The van der Waals surface area contributed by atoms with Crippen LogP contribution in [-0.2, 0) is 14.3 Å². The van der Waals surface area contributed by atoms with E-state index in [1.165, 1.54) is 20.3 Å². The molecular weight excluding hydrogens is 270 g/mol. The molecule has 0 unspecified atom stereocenters. The molecule has 0 N–H and O–H groups in total. The van der Waals surface area contributed by atoms with E-state index < -0.39 is 23.2 Å². The van der Waals surface area contributed by atoms with Crippen molar-refractivity contribution >= 4 is 11.5 Å². The van der Waals surface area contributed by atoms with Gasteiger partial charge in [-0.05, 0) is 26.0 Å². The Morgan fingerprint density at radius 2 is 1.80 bits per heavy atom. The molecule has 0 radical (unpaired) electrons. The Labute approximate surface area is 114 Å². The predicted octanol–water partition coefficient (Wildman–Crippen LogP) is 2.67. The molecule has 20 heavy (non-hydrogen) atoms. The number of cyclic esters (lactones) is 1. The Morgan fingerprint density at radius 1 is 1.15 bits per heavy atom. The summed E-state index contributed by atoms with van der Waals surface area (Å²) in [6.07, 6.45) is 0. The molecule has 4 nitrogen and oxygen atoms in total. The number of halogens is 2. The topological polar surface area (TPSA) is 44.8 Å². The Balaban J connectivity index is 2.73. The molecule has 1 aromatic rings. The minimum Gasteiger partial charge on any atom is -0.496 e. The van der Waals surface area contributed by atoms with Gasteiger partial charge in [-0.3, -0.25) is 0 Å². The van der Waals surface area contributed by atoms with Crippen molar-refractivity contribution in [3.05, 3.63) is 35.1 Å². The second kappa shape index (κ2) is 4.77. The number of hydrogen-bond donors (Lipinski definition) is 0. The van der Waals surface area contributed by atoms with Gasteiger partial charge in [0, 0.05) is 5.56 Å². The van der Waals surface area contributed by atoms with E-state index in [9.17, 15) is 13.6 Å². The largest absolute Gasteiger partial charge is 0.496 e. The van der Waals surface area contributed by atoms with Crippen LogP contribution in [0.4, 0.5) is 8.78 Å². The lowest BCUT2D eigenvalue weighted by atomic mass is 9.99. The number of rotatable bonds is 3. The summed E-state index contributed by atoms with van der Waals surface area (Å²) in [5.41, 5.74) is -0.844. The van der Waals surface area contributed by atoms with Crippen LogP contribution in [0.25, 0.3) is 5.57 Å². The van der Waals surface area contributed by atoms with Gasteiger partial charge in [0.25, 0.3) is 0 Å². The molecule has 0 amide bonds. The van der Waals surface area contributed by atoms with Crippen LogP contribution in [0.5, 0.6) is 5.75 Å². The smallest absolute Gasteiger partial charge is 0.343 e. The summed E-state index contributed by atoms with van der Waals surface area (Å²) < 4.78 is 42.2. The number of carbonyl (C=O) groups is 1.